The molecule has 2 aromatic carbocycles. The molecular weight excluding hydrogens is 409 g/mol. The zero-order chi connectivity index (χ0) is 22.7. The number of halogens is 1. The summed E-state index contributed by atoms with van der Waals surface area (Å²) in [6.07, 6.45) is 5.74. The standard InChI is InChI=1S/C14H18N4.C9H8FN3O/c1-10-3-4-12(14-13(10)16-5-6-17-14)18-8-7-15-11(2)9-18;1-13-4-6-2-7(11-5-14)3-8(10)9(6)12-13/h3-6,11,15H,7-9H2,1-2H3;2-5H,1H3,(H,11,14). The Labute approximate surface area is 185 Å². The highest BCUT2D eigenvalue weighted by atomic mass is 19.1. The molecule has 2 aromatic heterocycles. The van der Waals surface area contributed by atoms with Gasteiger partial charge in [0.15, 0.2) is 5.82 Å². The number of anilines is 2. The topological polar surface area (TPSA) is 88.0 Å². The number of amides is 1. The van der Waals surface area contributed by atoms with Crippen LogP contribution in [0.4, 0.5) is 15.8 Å². The number of piperazine rings is 1. The lowest BCUT2D eigenvalue weighted by molar-refractivity contribution is -0.105. The van der Waals surface area contributed by atoms with Gasteiger partial charge in [0.05, 0.1) is 11.2 Å². The van der Waals surface area contributed by atoms with Gasteiger partial charge in [-0.15, -0.1) is 0 Å². The number of benzene rings is 2. The molecule has 0 bridgehead atoms. The van der Waals surface area contributed by atoms with Crippen LogP contribution in [0.2, 0.25) is 0 Å². The van der Waals surface area contributed by atoms with Crippen LogP contribution in [-0.2, 0) is 11.8 Å². The van der Waals surface area contributed by atoms with E-state index in [-0.39, 0.29) is 0 Å². The van der Waals surface area contributed by atoms with E-state index < -0.39 is 5.82 Å². The Morgan fingerprint density at radius 1 is 1.19 bits per heavy atom. The number of nitrogens with zero attached hydrogens (tertiary/aromatic N) is 5. The fraction of sp³-hybridized carbons (Fsp3) is 0.304. The summed E-state index contributed by atoms with van der Waals surface area (Å²) in [5, 5.41) is 10.5. The van der Waals surface area contributed by atoms with Gasteiger partial charge < -0.3 is 15.5 Å². The van der Waals surface area contributed by atoms with Gasteiger partial charge in [0.1, 0.15) is 11.0 Å². The SMILES string of the molecule is Cc1ccc(N2CCNC(C)C2)c2nccnc12.Cn1cc2cc(NC=O)cc(F)c2n1. The first kappa shape index (κ1) is 21.6. The molecule has 32 heavy (non-hydrogen) atoms. The Bertz CT molecular complexity index is 1260. The molecule has 1 aliphatic heterocycles. The van der Waals surface area contributed by atoms with Gasteiger partial charge in [-0.05, 0) is 37.6 Å². The Hall–Kier alpha value is -3.59. The molecule has 1 fully saturated rings. The first-order valence-corrected chi connectivity index (χ1v) is 10.5. The van der Waals surface area contributed by atoms with Crippen LogP contribution in [0.1, 0.15) is 12.5 Å². The first-order chi connectivity index (χ1) is 15.5. The fourth-order valence-corrected chi connectivity index (χ4v) is 3.95. The number of aromatic nitrogens is 4. The molecule has 9 heteroatoms. The Kier molecular flexibility index (Phi) is 6.27. The van der Waals surface area contributed by atoms with E-state index in [0.717, 1.165) is 30.7 Å². The number of aryl methyl sites for hydroxylation is 2. The number of fused-ring (bicyclic) bond motifs is 2. The van der Waals surface area contributed by atoms with Gasteiger partial charge in [-0.1, -0.05) is 6.07 Å². The van der Waals surface area contributed by atoms with Crippen LogP contribution < -0.4 is 15.5 Å². The van der Waals surface area contributed by atoms with Crippen molar-refractivity contribution >= 4 is 39.7 Å². The number of hydrogen-bond acceptors (Lipinski definition) is 6. The summed E-state index contributed by atoms with van der Waals surface area (Å²) in [4.78, 5) is 21.5. The zero-order valence-electron chi connectivity index (χ0n) is 18.3. The van der Waals surface area contributed by atoms with E-state index in [0.29, 0.717) is 29.0 Å². The van der Waals surface area contributed by atoms with Gasteiger partial charge in [-0.3, -0.25) is 19.4 Å². The van der Waals surface area contributed by atoms with Crippen molar-refractivity contribution in [2.45, 2.75) is 19.9 Å². The van der Waals surface area contributed by atoms with Crippen molar-refractivity contribution in [3.63, 3.8) is 0 Å². The molecule has 8 nitrogen and oxygen atoms in total. The van der Waals surface area contributed by atoms with Crippen molar-refractivity contribution in [3.8, 4) is 0 Å². The van der Waals surface area contributed by atoms with Gasteiger partial charge in [0.25, 0.3) is 0 Å². The second-order valence-electron chi connectivity index (χ2n) is 7.92. The average Bonchev–Trinajstić information content (AvgIpc) is 3.16. The Balaban J connectivity index is 0.000000158. The number of carbonyl (C=O) groups is 1. The van der Waals surface area contributed by atoms with Crippen molar-refractivity contribution in [2.24, 2.45) is 7.05 Å². The third-order valence-corrected chi connectivity index (χ3v) is 5.42. The second-order valence-corrected chi connectivity index (χ2v) is 7.92. The van der Waals surface area contributed by atoms with Gasteiger partial charge >= 0.3 is 0 Å². The normalized spacial score (nSPS) is 16.0. The molecule has 166 valence electrons. The second kappa shape index (κ2) is 9.27. The summed E-state index contributed by atoms with van der Waals surface area (Å²) in [6, 6.07) is 7.74. The predicted molar refractivity (Wildman–Crippen MR) is 124 cm³/mol. The molecule has 0 radical (unpaired) electrons. The lowest BCUT2D eigenvalue weighted by atomic mass is 10.1. The lowest BCUT2D eigenvalue weighted by Crippen LogP contribution is -2.49. The number of carbonyl (C=O) groups excluding carboxylic acids is 1. The molecular formula is C23H26FN7O. The van der Waals surface area contributed by atoms with Crippen LogP contribution in [0, 0.1) is 12.7 Å². The molecule has 1 unspecified atom stereocenters. The third kappa shape index (κ3) is 4.52. The van der Waals surface area contributed by atoms with E-state index in [1.807, 2.05) is 0 Å². The van der Waals surface area contributed by atoms with E-state index in [9.17, 15) is 9.18 Å². The maximum absolute atomic E-state index is 13.4. The van der Waals surface area contributed by atoms with E-state index >= 15 is 0 Å². The van der Waals surface area contributed by atoms with Gasteiger partial charge in [0.2, 0.25) is 6.41 Å². The van der Waals surface area contributed by atoms with E-state index in [1.54, 1.807) is 31.7 Å². The lowest BCUT2D eigenvalue weighted by Gasteiger charge is -2.34. The van der Waals surface area contributed by atoms with Crippen LogP contribution in [0.3, 0.4) is 0 Å². The van der Waals surface area contributed by atoms with E-state index in [1.165, 1.54) is 22.0 Å². The zero-order valence-corrected chi connectivity index (χ0v) is 18.3. The van der Waals surface area contributed by atoms with Crippen molar-refractivity contribution in [3.05, 3.63) is 54.2 Å². The van der Waals surface area contributed by atoms with Crippen LogP contribution >= 0.6 is 0 Å². The summed E-state index contributed by atoms with van der Waals surface area (Å²) in [6.45, 7) is 7.38. The summed E-state index contributed by atoms with van der Waals surface area (Å²) >= 11 is 0. The van der Waals surface area contributed by atoms with E-state index in [2.05, 4.69) is 56.6 Å². The molecule has 1 saturated heterocycles. The average molecular weight is 436 g/mol. The highest BCUT2D eigenvalue weighted by Crippen LogP contribution is 2.26. The number of nitrogens with one attached hydrogen (secondary N) is 2. The quantitative estimate of drug-likeness (QED) is 0.481. The van der Waals surface area contributed by atoms with Crippen LogP contribution in [0.25, 0.3) is 21.9 Å². The molecule has 1 atom stereocenters. The summed E-state index contributed by atoms with van der Waals surface area (Å²) in [7, 11) is 1.71. The molecule has 1 amide bonds. The largest absolute Gasteiger partial charge is 0.367 e. The molecule has 2 N–H and O–H groups in total. The van der Waals surface area contributed by atoms with Crippen LogP contribution in [0.5, 0.6) is 0 Å². The molecule has 4 aromatic rings. The smallest absolute Gasteiger partial charge is 0.211 e. The van der Waals surface area contributed by atoms with Crippen molar-refractivity contribution in [1.82, 2.24) is 25.1 Å². The van der Waals surface area contributed by atoms with Gasteiger partial charge in [-0.2, -0.15) is 5.10 Å². The molecule has 1 aliphatic rings. The van der Waals surface area contributed by atoms with Crippen molar-refractivity contribution in [1.29, 1.82) is 0 Å². The highest BCUT2D eigenvalue weighted by molar-refractivity contribution is 5.90. The first-order valence-electron chi connectivity index (χ1n) is 10.5. The predicted octanol–water partition coefficient (Wildman–Crippen LogP) is 3.02. The monoisotopic (exact) mass is 435 g/mol. The minimum absolute atomic E-state index is 0.309. The highest BCUT2D eigenvalue weighted by Gasteiger charge is 2.18. The minimum atomic E-state index is -0.438. The fourth-order valence-electron chi connectivity index (χ4n) is 3.95. The summed E-state index contributed by atoms with van der Waals surface area (Å²) < 4.78 is 14.9. The number of rotatable bonds is 3. The molecule has 3 heterocycles. The molecule has 0 spiro atoms. The van der Waals surface area contributed by atoms with Gasteiger partial charge in [0, 0.05) is 62.4 Å². The van der Waals surface area contributed by atoms with Gasteiger partial charge in [-0.25, -0.2) is 4.39 Å². The maximum atomic E-state index is 13.4. The summed E-state index contributed by atoms with van der Waals surface area (Å²) in [5.74, 6) is -0.438. The van der Waals surface area contributed by atoms with E-state index in [4.69, 9.17) is 0 Å². The van der Waals surface area contributed by atoms with Crippen molar-refractivity contribution < 1.29 is 9.18 Å². The Morgan fingerprint density at radius 3 is 2.72 bits per heavy atom. The number of hydrogen-bond donors (Lipinski definition) is 2. The molecule has 0 aliphatic carbocycles. The molecule has 0 saturated carbocycles. The minimum Gasteiger partial charge on any atom is -0.367 e. The summed E-state index contributed by atoms with van der Waals surface area (Å²) in [5.41, 5.74) is 5.16. The van der Waals surface area contributed by atoms with Crippen molar-refractivity contribution in [2.75, 3.05) is 29.9 Å². The maximum Gasteiger partial charge on any atom is 0.211 e. The third-order valence-electron chi connectivity index (χ3n) is 5.42. The van der Waals surface area contributed by atoms with Crippen LogP contribution in [0.15, 0.2) is 42.9 Å². The van der Waals surface area contributed by atoms with Crippen LogP contribution in [-0.4, -0.2) is 51.8 Å². The Morgan fingerprint density at radius 2 is 1.97 bits per heavy atom. The molecule has 5 rings (SSSR count).